The number of hydrogen-bond acceptors (Lipinski definition) is 0. The van der Waals surface area contributed by atoms with Gasteiger partial charge in [-0.1, -0.05) is 53.6 Å². The fourth-order valence-electron chi connectivity index (χ4n) is 2.29. The van der Waals surface area contributed by atoms with Gasteiger partial charge < -0.3 is 0 Å². The largest absolute Gasteiger partial charge is 0.126 e. The van der Waals surface area contributed by atoms with E-state index >= 15 is 0 Å². The molecule has 20 heavy (non-hydrogen) atoms. The molecule has 0 spiro atoms. The maximum absolute atomic E-state index is 6.27. The van der Waals surface area contributed by atoms with Crippen LogP contribution in [0.15, 0.2) is 48.5 Å². The summed E-state index contributed by atoms with van der Waals surface area (Å²) in [5.41, 5.74) is 3.36. The third kappa shape index (κ3) is 3.49. The molecule has 0 amide bonds. The van der Waals surface area contributed by atoms with Crippen molar-refractivity contribution in [2.45, 2.75) is 18.8 Å². The van der Waals surface area contributed by atoms with Gasteiger partial charge in [0.15, 0.2) is 0 Å². The summed E-state index contributed by atoms with van der Waals surface area (Å²) in [6.45, 7) is 2.08. The van der Waals surface area contributed by atoms with Crippen molar-refractivity contribution in [2.24, 2.45) is 0 Å². The Hall–Kier alpha value is -0.690. The topological polar surface area (TPSA) is 0 Å². The van der Waals surface area contributed by atoms with Crippen molar-refractivity contribution in [3.8, 4) is 0 Å². The van der Waals surface area contributed by atoms with Gasteiger partial charge in [-0.2, -0.15) is 0 Å². The highest BCUT2D eigenvalue weighted by Crippen LogP contribution is 2.32. The van der Waals surface area contributed by atoms with Gasteiger partial charge in [-0.3, -0.25) is 0 Å². The Morgan fingerprint density at radius 2 is 1.40 bits per heavy atom. The molecule has 0 atom stereocenters. The molecule has 2 rings (SSSR count). The standard InChI is InChI=1S/C17H17Cl3/c1-13-2-6-15(7-3-13)17(11-18,12-19)10-14-4-8-16(20)9-5-14/h2-9H,10-12H2,1H3. The molecule has 3 heteroatoms. The van der Waals surface area contributed by atoms with Crippen molar-refractivity contribution < 1.29 is 0 Å². The minimum atomic E-state index is -0.245. The van der Waals surface area contributed by atoms with E-state index in [4.69, 9.17) is 34.8 Å². The van der Waals surface area contributed by atoms with Crippen LogP contribution in [0, 0.1) is 6.92 Å². The fourth-order valence-corrected chi connectivity index (χ4v) is 3.20. The van der Waals surface area contributed by atoms with Gasteiger partial charge in [0, 0.05) is 22.2 Å². The van der Waals surface area contributed by atoms with Crippen LogP contribution in [0.4, 0.5) is 0 Å². The van der Waals surface area contributed by atoms with Crippen molar-refractivity contribution >= 4 is 34.8 Å². The van der Waals surface area contributed by atoms with Crippen LogP contribution in [0.5, 0.6) is 0 Å². The molecule has 0 fully saturated rings. The van der Waals surface area contributed by atoms with E-state index in [-0.39, 0.29) is 5.41 Å². The zero-order valence-electron chi connectivity index (χ0n) is 11.4. The summed E-state index contributed by atoms with van der Waals surface area (Å²) < 4.78 is 0. The minimum absolute atomic E-state index is 0.245. The summed E-state index contributed by atoms with van der Waals surface area (Å²) in [6, 6.07) is 16.3. The lowest BCUT2D eigenvalue weighted by Crippen LogP contribution is -2.33. The zero-order valence-corrected chi connectivity index (χ0v) is 13.6. The summed E-state index contributed by atoms with van der Waals surface area (Å²) in [5, 5.41) is 0.742. The lowest BCUT2D eigenvalue weighted by Gasteiger charge is -2.30. The number of halogens is 3. The molecule has 0 nitrogen and oxygen atoms in total. The first-order valence-corrected chi connectivity index (χ1v) is 7.98. The molecule has 2 aromatic carbocycles. The van der Waals surface area contributed by atoms with Crippen molar-refractivity contribution in [3.05, 3.63) is 70.2 Å². The Balaban J connectivity index is 2.33. The third-order valence-corrected chi connectivity index (χ3v) is 4.91. The quantitative estimate of drug-likeness (QED) is 0.626. The van der Waals surface area contributed by atoms with Crippen LogP contribution >= 0.6 is 34.8 Å². The molecule has 0 bridgehead atoms. The molecule has 0 saturated carbocycles. The molecule has 0 aliphatic heterocycles. The second kappa shape index (κ2) is 6.85. The molecule has 0 aromatic heterocycles. The number of benzene rings is 2. The Morgan fingerprint density at radius 1 is 0.850 bits per heavy atom. The molecule has 0 aliphatic carbocycles. The monoisotopic (exact) mass is 326 g/mol. The van der Waals surface area contributed by atoms with E-state index in [1.165, 1.54) is 16.7 Å². The highest BCUT2D eigenvalue weighted by atomic mass is 35.5. The SMILES string of the molecule is Cc1ccc(C(CCl)(CCl)Cc2ccc(Cl)cc2)cc1. The molecular formula is C17H17Cl3. The van der Waals surface area contributed by atoms with Gasteiger partial charge in [0.05, 0.1) is 0 Å². The molecule has 0 aliphatic rings. The Morgan fingerprint density at radius 3 is 1.90 bits per heavy atom. The molecule has 0 N–H and O–H groups in total. The maximum Gasteiger partial charge on any atom is 0.0406 e. The average Bonchev–Trinajstić information content (AvgIpc) is 2.48. The van der Waals surface area contributed by atoms with E-state index < -0.39 is 0 Å². The first-order valence-electron chi connectivity index (χ1n) is 6.53. The minimum Gasteiger partial charge on any atom is -0.126 e. The van der Waals surface area contributed by atoms with Gasteiger partial charge in [0.25, 0.3) is 0 Å². The summed E-state index contributed by atoms with van der Waals surface area (Å²) >= 11 is 18.5. The van der Waals surface area contributed by atoms with Gasteiger partial charge in [0.1, 0.15) is 0 Å². The molecule has 106 valence electrons. The van der Waals surface area contributed by atoms with Crippen LogP contribution in [-0.2, 0) is 11.8 Å². The highest BCUT2D eigenvalue weighted by Gasteiger charge is 2.30. The van der Waals surface area contributed by atoms with E-state index in [9.17, 15) is 0 Å². The number of aryl methyl sites for hydroxylation is 1. The van der Waals surface area contributed by atoms with Gasteiger partial charge in [0.2, 0.25) is 0 Å². The summed E-state index contributed by atoms with van der Waals surface area (Å²) in [6.07, 6.45) is 0.806. The zero-order chi connectivity index (χ0) is 14.6. The normalized spacial score (nSPS) is 11.6. The Labute approximate surface area is 135 Å². The van der Waals surface area contributed by atoms with Gasteiger partial charge >= 0.3 is 0 Å². The molecule has 0 unspecified atom stereocenters. The Bertz CT molecular complexity index is 539. The van der Waals surface area contributed by atoms with Crippen molar-refractivity contribution in [1.82, 2.24) is 0 Å². The van der Waals surface area contributed by atoms with Gasteiger partial charge in [-0.05, 0) is 36.6 Å². The van der Waals surface area contributed by atoms with Crippen LogP contribution in [0.2, 0.25) is 5.02 Å². The third-order valence-electron chi connectivity index (χ3n) is 3.63. The average molecular weight is 328 g/mol. The van der Waals surface area contributed by atoms with Crippen LogP contribution in [0.1, 0.15) is 16.7 Å². The molecule has 0 radical (unpaired) electrons. The lowest BCUT2D eigenvalue weighted by molar-refractivity contribution is 0.536. The first-order chi connectivity index (χ1) is 9.59. The van der Waals surface area contributed by atoms with Crippen LogP contribution in [0.25, 0.3) is 0 Å². The van der Waals surface area contributed by atoms with Crippen molar-refractivity contribution in [1.29, 1.82) is 0 Å². The van der Waals surface area contributed by atoms with Crippen LogP contribution in [-0.4, -0.2) is 11.8 Å². The smallest absolute Gasteiger partial charge is 0.0406 e. The number of rotatable bonds is 5. The van der Waals surface area contributed by atoms with Gasteiger partial charge in [-0.25, -0.2) is 0 Å². The van der Waals surface area contributed by atoms with Gasteiger partial charge in [-0.15, -0.1) is 23.2 Å². The molecular weight excluding hydrogens is 311 g/mol. The number of alkyl halides is 2. The predicted molar refractivity (Wildman–Crippen MR) is 89.5 cm³/mol. The Kier molecular flexibility index (Phi) is 5.37. The second-order valence-electron chi connectivity index (χ2n) is 5.22. The highest BCUT2D eigenvalue weighted by molar-refractivity contribution is 6.30. The molecule has 0 heterocycles. The lowest BCUT2D eigenvalue weighted by atomic mass is 9.78. The summed E-state index contributed by atoms with van der Waals surface area (Å²) in [5.74, 6) is 0.977. The molecule has 0 saturated heterocycles. The van der Waals surface area contributed by atoms with E-state index in [0.29, 0.717) is 11.8 Å². The van der Waals surface area contributed by atoms with E-state index in [1.807, 2.05) is 24.3 Å². The molecule has 2 aromatic rings. The predicted octanol–water partition coefficient (Wildman–Crippen LogP) is 5.61. The van der Waals surface area contributed by atoms with Crippen LogP contribution < -0.4 is 0 Å². The van der Waals surface area contributed by atoms with Crippen molar-refractivity contribution in [2.75, 3.05) is 11.8 Å². The second-order valence-corrected chi connectivity index (χ2v) is 6.19. The van der Waals surface area contributed by atoms with Crippen molar-refractivity contribution in [3.63, 3.8) is 0 Å². The maximum atomic E-state index is 6.27. The summed E-state index contributed by atoms with van der Waals surface area (Å²) in [4.78, 5) is 0. The van der Waals surface area contributed by atoms with E-state index in [2.05, 4.69) is 31.2 Å². The number of hydrogen-bond donors (Lipinski definition) is 0. The van der Waals surface area contributed by atoms with E-state index in [1.54, 1.807) is 0 Å². The van der Waals surface area contributed by atoms with E-state index in [0.717, 1.165) is 11.4 Å². The first kappa shape index (κ1) is 15.7. The fraction of sp³-hybridized carbons (Fsp3) is 0.294. The van der Waals surface area contributed by atoms with Crippen LogP contribution in [0.3, 0.4) is 0 Å². The summed E-state index contributed by atoms with van der Waals surface area (Å²) in [7, 11) is 0.